The summed E-state index contributed by atoms with van der Waals surface area (Å²) < 4.78 is 0. The van der Waals surface area contributed by atoms with Gasteiger partial charge in [0, 0.05) is 5.56 Å². The molecule has 0 bridgehead atoms. The summed E-state index contributed by atoms with van der Waals surface area (Å²) in [4.78, 5) is 24.2. The predicted octanol–water partition coefficient (Wildman–Crippen LogP) is 3.26. The number of anilines is 1. The van der Waals surface area contributed by atoms with Crippen molar-refractivity contribution in [1.29, 1.82) is 0 Å². The zero-order valence-electron chi connectivity index (χ0n) is 10.8. The molecule has 0 saturated carbocycles. The number of benzene rings is 2. The van der Waals surface area contributed by atoms with Gasteiger partial charge in [-0.25, -0.2) is 0 Å². The molecule has 5 heteroatoms. The quantitative estimate of drug-likeness (QED) is 0.660. The summed E-state index contributed by atoms with van der Waals surface area (Å²) >= 11 is 6.10. The number of phenols is 1. The lowest BCUT2D eigenvalue weighted by Crippen LogP contribution is -2.06. The number of phenolic OH excluding ortho intramolecular Hbond substituents is 1. The normalized spacial score (nSPS) is 14.9. The summed E-state index contributed by atoms with van der Waals surface area (Å²) in [6.45, 7) is 0. The van der Waals surface area contributed by atoms with Crippen molar-refractivity contribution in [3.8, 4) is 5.75 Å². The molecule has 2 aromatic rings. The van der Waals surface area contributed by atoms with Crippen molar-refractivity contribution in [3.63, 3.8) is 0 Å². The Labute approximate surface area is 125 Å². The summed E-state index contributed by atoms with van der Waals surface area (Å²) in [5.41, 5.74) is 1.42. The van der Waals surface area contributed by atoms with E-state index in [9.17, 15) is 14.7 Å². The number of halogens is 1. The average Bonchev–Trinajstić information content (AvgIpc) is 2.77. The van der Waals surface area contributed by atoms with Crippen molar-refractivity contribution >= 4 is 34.6 Å². The minimum Gasteiger partial charge on any atom is -0.507 e. The Morgan fingerprint density at radius 3 is 2.67 bits per heavy atom. The van der Waals surface area contributed by atoms with Crippen LogP contribution in [0.25, 0.3) is 5.57 Å². The maximum atomic E-state index is 12.2. The van der Waals surface area contributed by atoms with Gasteiger partial charge in [0.05, 0.1) is 21.8 Å². The van der Waals surface area contributed by atoms with Crippen LogP contribution >= 0.6 is 11.6 Å². The third-order valence-corrected chi connectivity index (χ3v) is 3.54. The zero-order valence-corrected chi connectivity index (χ0v) is 11.5. The molecule has 104 valence electrons. The first-order valence-electron chi connectivity index (χ1n) is 6.22. The second-order valence-corrected chi connectivity index (χ2v) is 4.96. The predicted molar refractivity (Wildman–Crippen MR) is 80.5 cm³/mol. The van der Waals surface area contributed by atoms with Gasteiger partial charge >= 0.3 is 0 Å². The summed E-state index contributed by atoms with van der Waals surface area (Å²) in [5.74, 6) is -0.968. The number of allylic oxidation sites excluding steroid dienone is 1. The highest BCUT2D eigenvalue weighted by atomic mass is 35.5. The first-order valence-corrected chi connectivity index (χ1v) is 6.60. The molecule has 0 spiro atoms. The standard InChI is InChI=1S/C16H10ClNO3/c17-11-5-3-6-12-15(11)10(16(21)18-12)8-14(20)9-4-1-2-7-13(9)19/h1-8,19H,(H,18,21)/b10-8+. The van der Waals surface area contributed by atoms with Crippen LogP contribution in [0.5, 0.6) is 5.75 Å². The number of hydrogen-bond donors (Lipinski definition) is 2. The van der Waals surface area contributed by atoms with E-state index in [1.54, 1.807) is 30.3 Å². The molecule has 2 aromatic carbocycles. The van der Waals surface area contributed by atoms with Crippen molar-refractivity contribution in [2.75, 3.05) is 5.32 Å². The summed E-state index contributed by atoms with van der Waals surface area (Å²) in [5, 5.41) is 12.7. The highest BCUT2D eigenvalue weighted by Gasteiger charge is 2.27. The molecule has 21 heavy (non-hydrogen) atoms. The lowest BCUT2D eigenvalue weighted by Gasteiger charge is -2.02. The Hall–Kier alpha value is -2.59. The Morgan fingerprint density at radius 2 is 1.90 bits per heavy atom. The average molecular weight is 300 g/mol. The minimum atomic E-state index is -0.453. The number of rotatable bonds is 2. The number of ketones is 1. The molecule has 0 unspecified atom stereocenters. The van der Waals surface area contributed by atoms with Gasteiger partial charge in [-0.3, -0.25) is 9.59 Å². The molecule has 1 heterocycles. The minimum absolute atomic E-state index is 0.128. The van der Waals surface area contributed by atoms with Crippen LogP contribution in [0, 0.1) is 0 Å². The molecule has 0 atom stereocenters. The molecular weight excluding hydrogens is 290 g/mol. The van der Waals surface area contributed by atoms with Crippen molar-refractivity contribution in [1.82, 2.24) is 0 Å². The van der Waals surface area contributed by atoms with Crippen LogP contribution in [0.2, 0.25) is 5.02 Å². The molecule has 0 radical (unpaired) electrons. The van der Waals surface area contributed by atoms with Crippen LogP contribution in [0.3, 0.4) is 0 Å². The smallest absolute Gasteiger partial charge is 0.256 e. The molecule has 2 N–H and O–H groups in total. The van der Waals surface area contributed by atoms with Gasteiger partial charge in [0.25, 0.3) is 5.91 Å². The lowest BCUT2D eigenvalue weighted by molar-refractivity contribution is -0.110. The molecular formula is C16H10ClNO3. The third kappa shape index (κ3) is 2.30. The number of aromatic hydroxyl groups is 1. The van der Waals surface area contributed by atoms with Gasteiger partial charge in [0.15, 0.2) is 5.78 Å². The molecule has 1 aliphatic rings. The van der Waals surface area contributed by atoms with E-state index in [4.69, 9.17) is 11.6 Å². The van der Waals surface area contributed by atoms with Gasteiger partial charge in [-0.1, -0.05) is 29.8 Å². The van der Waals surface area contributed by atoms with Crippen molar-refractivity contribution in [2.45, 2.75) is 0 Å². The Bertz CT molecular complexity index is 796. The number of fused-ring (bicyclic) bond motifs is 1. The topological polar surface area (TPSA) is 66.4 Å². The fourth-order valence-electron chi connectivity index (χ4n) is 2.23. The Kier molecular flexibility index (Phi) is 3.23. The van der Waals surface area contributed by atoms with Crippen molar-refractivity contribution in [2.24, 2.45) is 0 Å². The zero-order chi connectivity index (χ0) is 15.0. The Morgan fingerprint density at radius 1 is 1.14 bits per heavy atom. The number of hydrogen-bond acceptors (Lipinski definition) is 3. The van der Waals surface area contributed by atoms with E-state index >= 15 is 0 Å². The maximum absolute atomic E-state index is 12.2. The highest BCUT2D eigenvalue weighted by molar-refractivity contribution is 6.41. The van der Waals surface area contributed by atoms with Crippen LogP contribution in [-0.2, 0) is 4.79 Å². The molecule has 1 aliphatic heterocycles. The molecule has 0 saturated heterocycles. The Balaban J connectivity index is 2.08. The lowest BCUT2D eigenvalue weighted by atomic mass is 10.0. The van der Waals surface area contributed by atoms with Crippen LogP contribution in [0.4, 0.5) is 5.69 Å². The number of carbonyl (C=O) groups is 2. The van der Waals surface area contributed by atoms with Gasteiger partial charge in [-0.2, -0.15) is 0 Å². The van der Waals surface area contributed by atoms with E-state index in [1.807, 2.05) is 0 Å². The second kappa shape index (κ2) is 5.07. The van der Waals surface area contributed by atoms with E-state index in [0.717, 1.165) is 0 Å². The molecule has 1 amide bonds. The summed E-state index contributed by atoms with van der Waals surface area (Å²) in [6, 6.07) is 11.3. The molecule has 0 aromatic heterocycles. The highest BCUT2D eigenvalue weighted by Crippen LogP contribution is 2.37. The second-order valence-electron chi connectivity index (χ2n) is 4.56. The van der Waals surface area contributed by atoms with E-state index in [-0.39, 0.29) is 22.8 Å². The largest absolute Gasteiger partial charge is 0.507 e. The first kappa shape index (κ1) is 13.4. The number of carbonyl (C=O) groups excluding carboxylic acids is 2. The van der Waals surface area contributed by atoms with E-state index < -0.39 is 5.78 Å². The van der Waals surface area contributed by atoms with Crippen LogP contribution in [-0.4, -0.2) is 16.8 Å². The molecule has 3 rings (SSSR count). The molecule has 4 nitrogen and oxygen atoms in total. The van der Waals surface area contributed by atoms with E-state index in [1.165, 1.54) is 18.2 Å². The third-order valence-electron chi connectivity index (χ3n) is 3.22. The van der Waals surface area contributed by atoms with Crippen molar-refractivity contribution in [3.05, 3.63) is 64.7 Å². The van der Waals surface area contributed by atoms with Crippen LogP contribution in [0.15, 0.2) is 48.5 Å². The summed E-state index contributed by atoms with van der Waals surface area (Å²) in [6.07, 6.45) is 1.20. The monoisotopic (exact) mass is 299 g/mol. The van der Waals surface area contributed by atoms with E-state index in [2.05, 4.69) is 5.32 Å². The van der Waals surface area contributed by atoms with Gasteiger partial charge in [-0.15, -0.1) is 0 Å². The first-order chi connectivity index (χ1) is 10.1. The number of para-hydroxylation sites is 1. The van der Waals surface area contributed by atoms with Gasteiger partial charge in [-0.05, 0) is 30.3 Å². The fraction of sp³-hybridized carbons (Fsp3) is 0. The van der Waals surface area contributed by atoms with Gasteiger partial charge in [0.1, 0.15) is 5.75 Å². The maximum Gasteiger partial charge on any atom is 0.256 e. The SMILES string of the molecule is O=C1Nc2cccc(Cl)c2/C1=C\C(=O)c1ccccc1O. The molecule has 0 fully saturated rings. The molecule has 0 aliphatic carbocycles. The number of amides is 1. The van der Waals surface area contributed by atoms with Gasteiger partial charge in [0.2, 0.25) is 0 Å². The number of nitrogens with one attached hydrogen (secondary N) is 1. The van der Waals surface area contributed by atoms with Gasteiger partial charge < -0.3 is 10.4 Å². The van der Waals surface area contributed by atoms with Crippen LogP contribution in [0.1, 0.15) is 15.9 Å². The fourth-order valence-corrected chi connectivity index (χ4v) is 2.51. The summed E-state index contributed by atoms with van der Waals surface area (Å²) in [7, 11) is 0. The van der Waals surface area contributed by atoms with Crippen molar-refractivity contribution < 1.29 is 14.7 Å². The van der Waals surface area contributed by atoms with E-state index in [0.29, 0.717) is 16.3 Å². The van der Waals surface area contributed by atoms with Crippen LogP contribution < -0.4 is 5.32 Å².